The number of carbonyl (C=O) groups excluding carboxylic acids is 3. The van der Waals surface area contributed by atoms with Crippen molar-refractivity contribution in [2.45, 2.75) is 40.7 Å². The molecule has 3 heterocycles. The van der Waals surface area contributed by atoms with E-state index in [1.54, 1.807) is 30.0 Å². The molecule has 184 valence electrons. The topological polar surface area (TPSA) is 108 Å². The Morgan fingerprint density at radius 3 is 2.74 bits per heavy atom. The number of anilines is 1. The lowest BCUT2D eigenvalue weighted by molar-refractivity contribution is -0.121. The summed E-state index contributed by atoms with van der Waals surface area (Å²) in [5.74, 6) is -0.220. The number of aromatic nitrogens is 2. The van der Waals surface area contributed by atoms with Gasteiger partial charge in [0.2, 0.25) is 0 Å². The SMILES string of the molecule is CCCN1C(=O)COc2ccc(C(=O)Cn3cnc4sc(C(=O)OCC(C)C)c(C)c4c3=O)cc21. The highest BCUT2D eigenvalue weighted by molar-refractivity contribution is 7.20. The van der Waals surface area contributed by atoms with Crippen molar-refractivity contribution in [2.24, 2.45) is 5.92 Å². The summed E-state index contributed by atoms with van der Waals surface area (Å²) in [6.07, 6.45) is 2.08. The van der Waals surface area contributed by atoms with Gasteiger partial charge in [-0.25, -0.2) is 9.78 Å². The molecule has 2 aromatic heterocycles. The molecule has 0 radical (unpaired) electrons. The molecule has 1 amide bonds. The van der Waals surface area contributed by atoms with Crippen LogP contribution in [0.15, 0.2) is 29.3 Å². The number of benzene rings is 1. The summed E-state index contributed by atoms with van der Waals surface area (Å²) in [6.45, 7) is 8.07. The number of hydrogen-bond donors (Lipinski definition) is 0. The van der Waals surface area contributed by atoms with Crippen LogP contribution in [0.2, 0.25) is 0 Å². The fourth-order valence-electron chi connectivity index (χ4n) is 3.86. The number of nitrogens with zero attached hydrogens (tertiary/aromatic N) is 3. The number of ketones is 1. The number of amides is 1. The first-order valence-electron chi connectivity index (χ1n) is 11.5. The Hall–Kier alpha value is -3.53. The van der Waals surface area contributed by atoms with E-state index >= 15 is 0 Å². The monoisotopic (exact) mass is 497 g/mol. The largest absolute Gasteiger partial charge is 0.482 e. The van der Waals surface area contributed by atoms with Gasteiger partial charge in [0.05, 0.1) is 30.6 Å². The number of Topliss-reactive ketones (excluding diaryl/α,β-unsaturated/α-hetero) is 1. The Morgan fingerprint density at radius 1 is 1.26 bits per heavy atom. The Morgan fingerprint density at radius 2 is 2.03 bits per heavy atom. The minimum Gasteiger partial charge on any atom is -0.482 e. The molecule has 0 N–H and O–H groups in total. The van der Waals surface area contributed by atoms with E-state index in [0.717, 1.165) is 17.8 Å². The molecule has 9 nitrogen and oxygen atoms in total. The number of fused-ring (bicyclic) bond motifs is 2. The minimum absolute atomic E-state index is 0.0334. The van der Waals surface area contributed by atoms with Crippen molar-refractivity contribution in [1.29, 1.82) is 0 Å². The van der Waals surface area contributed by atoms with Gasteiger partial charge in [0, 0.05) is 12.1 Å². The number of rotatable bonds is 8. The van der Waals surface area contributed by atoms with Gasteiger partial charge in [-0.15, -0.1) is 11.3 Å². The molecule has 1 aliphatic rings. The summed E-state index contributed by atoms with van der Waals surface area (Å²) in [6, 6.07) is 4.91. The van der Waals surface area contributed by atoms with Crippen LogP contribution in [0.4, 0.5) is 5.69 Å². The summed E-state index contributed by atoms with van der Waals surface area (Å²) in [5.41, 5.74) is 1.00. The second kappa shape index (κ2) is 9.99. The smallest absolute Gasteiger partial charge is 0.348 e. The van der Waals surface area contributed by atoms with Crippen LogP contribution in [-0.4, -0.2) is 47.0 Å². The van der Waals surface area contributed by atoms with E-state index in [1.165, 1.54) is 10.9 Å². The molecule has 0 saturated carbocycles. The highest BCUT2D eigenvalue weighted by Crippen LogP contribution is 2.33. The van der Waals surface area contributed by atoms with Gasteiger partial charge in [0.25, 0.3) is 11.5 Å². The molecule has 4 rings (SSSR count). The summed E-state index contributed by atoms with van der Waals surface area (Å²) in [5, 5.41) is 0.306. The lowest BCUT2D eigenvalue weighted by atomic mass is 10.1. The molecule has 0 spiro atoms. The second-order valence-corrected chi connectivity index (χ2v) is 9.85. The third-order valence-electron chi connectivity index (χ3n) is 5.64. The van der Waals surface area contributed by atoms with Crippen LogP contribution < -0.4 is 15.2 Å². The van der Waals surface area contributed by atoms with Gasteiger partial charge in [-0.3, -0.25) is 19.0 Å². The van der Waals surface area contributed by atoms with Crippen molar-refractivity contribution in [3.8, 4) is 5.75 Å². The third-order valence-corrected chi connectivity index (χ3v) is 6.82. The zero-order chi connectivity index (χ0) is 25.3. The molecular weight excluding hydrogens is 470 g/mol. The predicted octanol–water partition coefficient (Wildman–Crippen LogP) is 3.60. The van der Waals surface area contributed by atoms with E-state index in [-0.39, 0.29) is 37.4 Å². The van der Waals surface area contributed by atoms with Crippen LogP contribution in [0.5, 0.6) is 5.75 Å². The molecule has 35 heavy (non-hydrogen) atoms. The maximum absolute atomic E-state index is 13.2. The molecule has 10 heteroatoms. The number of thiophene rings is 1. The summed E-state index contributed by atoms with van der Waals surface area (Å²) in [4.78, 5) is 57.7. The van der Waals surface area contributed by atoms with Crippen molar-refractivity contribution < 1.29 is 23.9 Å². The van der Waals surface area contributed by atoms with Crippen molar-refractivity contribution >= 4 is 44.9 Å². The Balaban J connectivity index is 1.62. The van der Waals surface area contributed by atoms with Gasteiger partial charge in [-0.2, -0.15) is 0 Å². The van der Waals surface area contributed by atoms with E-state index in [2.05, 4.69) is 4.98 Å². The van der Waals surface area contributed by atoms with Crippen LogP contribution in [0.3, 0.4) is 0 Å². The van der Waals surface area contributed by atoms with Gasteiger partial charge in [-0.1, -0.05) is 20.8 Å². The molecule has 3 aromatic rings. The number of hydrogen-bond acceptors (Lipinski definition) is 8. The number of esters is 1. The third kappa shape index (κ3) is 4.84. The van der Waals surface area contributed by atoms with Gasteiger partial charge < -0.3 is 14.4 Å². The number of aryl methyl sites for hydroxylation is 1. The van der Waals surface area contributed by atoms with Crippen molar-refractivity contribution in [3.05, 3.63) is 50.9 Å². The lowest BCUT2D eigenvalue weighted by Gasteiger charge is -2.29. The Kier molecular flexibility index (Phi) is 7.02. The van der Waals surface area contributed by atoms with E-state index < -0.39 is 11.5 Å². The van der Waals surface area contributed by atoms with Crippen LogP contribution in [0, 0.1) is 12.8 Å². The molecule has 0 bridgehead atoms. The van der Waals surface area contributed by atoms with Crippen molar-refractivity contribution in [1.82, 2.24) is 9.55 Å². The summed E-state index contributed by atoms with van der Waals surface area (Å²) >= 11 is 1.11. The van der Waals surface area contributed by atoms with E-state index in [0.29, 0.717) is 44.2 Å². The average molecular weight is 498 g/mol. The van der Waals surface area contributed by atoms with E-state index in [1.807, 2.05) is 20.8 Å². The molecule has 1 aliphatic heterocycles. The molecule has 0 fully saturated rings. The molecule has 0 unspecified atom stereocenters. The Labute approximate surface area is 206 Å². The molecule has 0 saturated heterocycles. The molecule has 1 aromatic carbocycles. The quantitative estimate of drug-likeness (QED) is 0.346. The normalized spacial score (nSPS) is 13.2. The zero-order valence-electron chi connectivity index (χ0n) is 20.1. The average Bonchev–Trinajstić information content (AvgIpc) is 3.17. The Bertz CT molecular complexity index is 1370. The summed E-state index contributed by atoms with van der Waals surface area (Å²) < 4.78 is 12.0. The van der Waals surface area contributed by atoms with E-state index in [9.17, 15) is 19.2 Å². The summed E-state index contributed by atoms with van der Waals surface area (Å²) in [7, 11) is 0. The van der Waals surface area contributed by atoms with Gasteiger partial charge in [0.1, 0.15) is 15.5 Å². The minimum atomic E-state index is -0.483. The van der Waals surface area contributed by atoms with Gasteiger partial charge >= 0.3 is 5.97 Å². The van der Waals surface area contributed by atoms with Gasteiger partial charge in [0.15, 0.2) is 12.4 Å². The molecule has 0 aliphatic carbocycles. The maximum atomic E-state index is 13.2. The predicted molar refractivity (Wildman–Crippen MR) is 133 cm³/mol. The molecule has 0 atom stereocenters. The van der Waals surface area contributed by atoms with Crippen LogP contribution in [0.25, 0.3) is 10.2 Å². The second-order valence-electron chi connectivity index (χ2n) is 8.85. The highest BCUT2D eigenvalue weighted by Gasteiger charge is 2.26. The zero-order valence-corrected chi connectivity index (χ0v) is 20.9. The number of carbonyl (C=O) groups is 3. The standard InChI is InChI=1S/C25H27N3O6S/c1-5-8-28-17-9-16(6-7-19(17)33-12-20(28)30)18(29)10-27-13-26-23-21(24(27)31)15(4)22(35-23)25(32)34-11-14(2)3/h6-7,9,13-14H,5,8,10-12H2,1-4H3. The lowest BCUT2D eigenvalue weighted by Crippen LogP contribution is -2.39. The fraction of sp³-hybridized carbons (Fsp3) is 0.400. The van der Waals surface area contributed by atoms with Crippen molar-refractivity contribution in [2.75, 3.05) is 24.7 Å². The molecular formula is C25H27N3O6S. The first kappa shape index (κ1) is 24.6. The van der Waals surface area contributed by atoms with Crippen molar-refractivity contribution in [3.63, 3.8) is 0 Å². The van der Waals surface area contributed by atoms with Crippen LogP contribution in [0.1, 0.15) is 52.8 Å². The highest BCUT2D eigenvalue weighted by atomic mass is 32.1. The van der Waals surface area contributed by atoms with Crippen LogP contribution >= 0.6 is 11.3 Å². The number of ether oxygens (including phenoxy) is 2. The maximum Gasteiger partial charge on any atom is 0.348 e. The van der Waals surface area contributed by atoms with E-state index in [4.69, 9.17) is 9.47 Å². The van der Waals surface area contributed by atoms with Crippen LogP contribution in [-0.2, 0) is 16.1 Å². The van der Waals surface area contributed by atoms with Gasteiger partial charge in [-0.05, 0) is 43.0 Å². The fourth-order valence-corrected chi connectivity index (χ4v) is 4.90. The first-order valence-corrected chi connectivity index (χ1v) is 12.3. The first-order chi connectivity index (χ1) is 16.7.